The first kappa shape index (κ1) is 16.1. The zero-order valence-electron chi connectivity index (χ0n) is 13.2. The zero-order valence-corrected chi connectivity index (χ0v) is 14.0. The molecule has 1 atom stereocenters. The minimum absolute atomic E-state index is 0.315. The Morgan fingerprint density at radius 2 is 2.04 bits per heavy atom. The first-order valence-corrected chi connectivity index (χ1v) is 9.86. The molecule has 1 fully saturated rings. The van der Waals surface area contributed by atoms with E-state index in [1.807, 2.05) is 24.3 Å². The van der Waals surface area contributed by atoms with Crippen LogP contribution in [-0.2, 0) is 14.6 Å². The lowest BCUT2D eigenvalue weighted by Crippen LogP contribution is -2.39. The van der Waals surface area contributed by atoms with Crippen molar-refractivity contribution in [1.29, 1.82) is 0 Å². The fourth-order valence-electron chi connectivity index (χ4n) is 3.17. The zero-order chi connectivity index (χ0) is 16.5. The van der Waals surface area contributed by atoms with E-state index in [4.69, 9.17) is 4.74 Å². The standard InChI is InChI=1S/C17H21NO4S/c1-23(20,21)13-16(19)18-11-4-8-17(10-12-18)9-7-14-5-2-3-6-15(14)22-17/h2-3,5-7,9H,4,8,10-13H2,1H3. The molecule has 2 heterocycles. The summed E-state index contributed by atoms with van der Waals surface area (Å²) in [5, 5.41) is 0. The number of rotatable bonds is 2. The second-order valence-corrected chi connectivity index (χ2v) is 8.48. The number of hydrogen-bond acceptors (Lipinski definition) is 4. The lowest BCUT2D eigenvalue weighted by molar-refractivity contribution is -0.128. The van der Waals surface area contributed by atoms with Gasteiger partial charge in [0.05, 0.1) is 0 Å². The van der Waals surface area contributed by atoms with Crippen LogP contribution in [-0.4, -0.2) is 49.9 Å². The number of likely N-dealkylation sites (tertiary alicyclic amines) is 1. The molecule has 2 aliphatic heterocycles. The van der Waals surface area contributed by atoms with Gasteiger partial charge in [-0.05, 0) is 25.0 Å². The van der Waals surface area contributed by atoms with Gasteiger partial charge in [0, 0.05) is 31.3 Å². The van der Waals surface area contributed by atoms with Crippen molar-refractivity contribution in [3.63, 3.8) is 0 Å². The summed E-state index contributed by atoms with van der Waals surface area (Å²) in [6, 6.07) is 7.89. The molecule has 0 aliphatic carbocycles. The Bertz CT molecular complexity index is 741. The molecule has 0 saturated carbocycles. The number of sulfone groups is 1. The molecule has 1 amide bonds. The number of carbonyl (C=O) groups is 1. The highest BCUT2D eigenvalue weighted by molar-refractivity contribution is 7.91. The number of ether oxygens (including phenoxy) is 1. The van der Waals surface area contributed by atoms with Crippen molar-refractivity contribution in [2.75, 3.05) is 25.1 Å². The molecular formula is C17H21NO4S. The van der Waals surface area contributed by atoms with Gasteiger partial charge in [0.25, 0.3) is 0 Å². The fourth-order valence-corrected chi connectivity index (χ4v) is 3.80. The van der Waals surface area contributed by atoms with Crippen LogP contribution in [0.5, 0.6) is 5.75 Å². The second kappa shape index (κ2) is 6.00. The summed E-state index contributed by atoms with van der Waals surface area (Å²) < 4.78 is 28.9. The number of hydrogen-bond donors (Lipinski definition) is 0. The van der Waals surface area contributed by atoms with E-state index in [1.165, 1.54) is 0 Å². The van der Waals surface area contributed by atoms with Crippen molar-refractivity contribution in [2.24, 2.45) is 0 Å². The van der Waals surface area contributed by atoms with E-state index in [0.29, 0.717) is 19.5 Å². The molecule has 0 aromatic heterocycles. The molecule has 1 unspecified atom stereocenters. The van der Waals surface area contributed by atoms with Gasteiger partial charge in [-0.1, -0.05) is 24.3 Å². The summed E-state index contributed by atoms with van der Waals surface area (Å²) in [5.41, 5.74) is 0.668. The molecule has 1 spiro atoms. The van der Waals surface area contributed by atoms with Crippen molar-refractivity contribution in [2.45, 2.75) is 24.9 Å². The van der Waals surface area contributed by atoms with E-state index in [-0.39, 0.29) is 5.91 Å². The summed E-state index contributed by atoms with van der Waals surface area (Å²) in [6.07, 6.45) is 7.54. The van der Waals surface area contributed by atoms with E-state index in [9.17, 15) is 13.2 Å². The topological polar surface area (TPSA) is 63.7 Å². The SMILES string of the molecule is CS(=O)(=O)CC(=O)N1CCCC2(C=Cc3ccccc3O2)CC1. The molecule has 6 heteroatoms. The summed E-state index contributed by atoms with van der Waals surface area (Å²) >= 11 is 0. The van der Waals surface area contributed by atoms with Crippen LogP contribution in [0.3, 0.4) is 0 Å². The van der Waals surface area contributed by atoms with Crippen LogP contribution in [0.1, 0.15) is 24.8 Å². The van der Waals surface area contributed by atoms with Crippen LogP contribution >= 0.6 is 0 Å². The maximum Gasteiger partial charge on any atom is 0.237 e. The predicted molar refractivity (Wildman–Crippen MR) is 89.0 cm³/mol. The van der Waals surface area contributed by atoms with Crippen molar-refractivity contribution >= 4 is 21.8 Å². The van der Waals surface area contributed by atoms with Crippen LogP contribution < -0.4 is 4.74 Å². The molecular weight excluding hydrogens is 314 g/mol. The maximum atomic E-state index is 12.1. The molecule has 0 N–H and O–H groups in total. The highest BCUT2D eigenvalue weighted by Crippen LogP contribution is 2.36. The van der Waals surface area contributed by atoms with Gasteiger partial charge < -0.3 is 9.64 Å². The van der Waals surface area contributed by atoms with Gasteiger partial charge >= 0.3 is 0 Å². The van der Waals surface area contributed by atoms with E-state index in [0.717, 1.165) is 30.4 Å². The Morgan fingerprint density at radius 1 is 1.26 bits per heavy atom. The normalized spacial score (nSPS) is 24.0. The molecule has 3 rings (SSSR count). The van der Waals surface area contributed by atoms with Crippen molar-refractivity contribution < 1.29 is 17.9 Å². The number of carbonyl (C=O) groups excluding carboxylic acids is 1. The van der Waals surface area contributed by atoms with Gasteiger partial charge in [0.15, 0.2) is 9.84 Å². The van der Waals surface area contributed by atoms with Crippen molar-refractivity contribution in [3.8, 4) is 5.75 Å². The Labute approximate surface area is 136 Å². The van der Waals surface area contributed by atoms with E-state index in [2.05, 4.69) is 12.2 Å². The van der Waals surface area contributed by atoms with Gasteiger partial charge in [-0.3, -0.25) is 4.79 Å². The molecule has 124 valence electrons. The molecule has 0 bridgehead atoms. The first-order chi connectivity index (χ1) is 10.9. The van der Waals surface area contributed by atoms with Crippen LogP contribution in [0, 0.1) is 0 Å². The third kappa shape index (κ3) is 3.75. The molecule has 0 radical (unpaired) electrons. The van der Waals surface area contributed by atoms with Crippen LogP contribution in [0.15, 0.2) is 30.3 Å². The Hall–Kier alpha value is -1.82. The van der Waals surface area contributed by atoms with E-state index >= 15 is 0 Å². The number of nitrogens with zero attached hydrogens (tertiary/aromatic N) is 1. The van der Waals surface area contributed by atoms with Crippen molar-refractivity contribution in [1.82, 2.24) is 4.90 Å². The number of fused-ring (bicyclic) bond motifs is 1. The third-order valence-corrected chi connectivity index (χ3v) is 5.14. The molecule has 1 aromatic rings. The number of para-hydroxylation sites is 1. The van der Waals surface area contributed by atoms with Gasteiger partial charge in [-0.2, -0.15) is 0 Å². The molecule has 2 aliphatic rings. The van der Waals surface area contributed by atoms with Gasteiger partial charge in [-0.15, -0.1) is 0 Å². The minimum atomic E-state index is -3.29. The largest absolute Gasteiger partial charge is 0.483 e. The van der Waals surface area contributed by atoms with E-state index in [1.54, 1.807) is 4.90 Å². The molecule has 1 saturated heterocycles. The summed E-state index contributed by atoms with van der Waals surface area (Å²) in [4.78, 5) is 13.8. The molecule has 1 aromatic carbocycles. The lowest BCUT2D eigenvalue weighted by Gasteiger charge is -2.34. The highest BCUT2D eigenvalue weighted by Gasteiger charge is 2.36. The summed E-state index contributed by atoms with van der Waals surface area (Å²) in [5.74, 6) is 0.134. The molecule has 23 heavy (non-hydrogen) atoms. The van der Waals surface area contributed by atoms with Gasteiger partial charge in [-0.25, -0.2) is 8.42 Å². The van der Waals surface area contributed by atoms with Gasteiger partial charge in [0.2, 0.25) is 5.91 Å². The fraction of sp³-hybridized carbons (Fsp3) is 0.471. The average Bonchev–Trinajstić information content (AvgIpc) is 2.68. The number of amides is 1. The Morgan fingerprint density at radius 3 is 2.83 bits per heavy atom. The summed E-state index contributed by atoms with van der Waals surface area (Å²) in [7, 11) is -3.29. The van der Waals surface area contributed by atoms with Crippen molar-refractivity contribution in [3.05, 3.63) is 35.9 Å². The third-order valence-electron chi connectivity index (χ3n) is 4.37. The highest BCUT2D eigenvalue weighted by atomic mass is 32.2. The van der Waals surface area contributed by atoms with Crippen LogP contribution in [0.4, 0.5) is 0 Å². The predicted octanol–water partition coefficient (Wildman–Crippen LogP) is 1.89. The lowest BCUT2D eigenvalue weighted by atomic mass is 9.91. The number of benzene rings is 1. The second-order valence-electron chi connectivity index (χ2n) is 6.34. The Kier molecular flexibility index (Phi) is 4.19. The molecule has 5 nitrogen and oxygen atoms in total. The first-order valence-electron chi connectivity index (χ1n) is 7.80. The van der Waals surface area contributed by atoms with Crippen LogP contribution in [0.2, 0.25) is 0 Å². The van der Waals surface area contributed by atoms with E-state index < -0.39 is 21.2 Å². The quantitative estimate of drug-likeness (QED) is 0.828. The maximum absolute atomic E-state index is 12.1. The Balaban J connectivity index is 1.71. The monoisotopic (exact) mass is 335 g/mol. The van der Waals surface area contributed by atoms with Crippen LogP contribution in [0.25, 0.3) is 6.08 Å². The smallest absolute Gasteiger partial charge is 0.237 e. The summed E-state index contributed by atoms with van der Waals surface area (Å²) in [6.45, 7) is 1.09. The van der Waals surface area contributed by atoms with Gasteiger partial charge in [0.1, 0.15) is 17.1 Å². The minimum Gasteiger partial charge on any atom is -0.483 e. The average molecular weight is 335 g/mol.